The Bertz CT molecular complexity index is 453. The van der Waals surface area contributed by atoms with E-state index in [1.165, 1.54) is 12.1 Å². The summed E-state index contributed by atoms with van der Waals surface area (Å²) in [6, 6.07) is 14.0. The lowest BCUT2D eigenvalue weighted by molar-refractivity contribution is 0.627. The second-order valence-electron chi connectivity index (χ2n) is 3.12. The molecule has 3 heteroatoms. The van der Waals surface area contributed by atoms with Crippen LogP contribution in [0.3, 0.4) is 0 Å². The molecule has 0 amide bonds. The van der Waals surface area contributed by atoms with E-state index >= 15 is 0 Å². The van der Waals surface area contributed by atoms with Gasteiger partial charge in [-0.15, -0.1) is 0 Å². The van der Waals surface area contributed by atoms with Gasteiger partial charge in [0, 0.05) is 5.56 Å². The number of halogens is 1. The number of benzene rings is 2. The van der Waals surface area contributed by atoms with Gasteiger partial charge in [0.1, 0.15) is 11.6 Å². The van der Waals surface area contributed by atoms with Crippen molar-refractivity contribution in [3.8, 4) is 16.9 Å². The molecule has 2 rings (SSSR count). The SMILES string of the molecule is Fc1ccc(-c2ccccc2OP)cc1. The Morgan fingerprint density at radius 2 is 1.60 bits per heavy atom. The molecule has 1 atom stereocenters. The van der Waals surface area contributed by atoms with Crippen LogP contribution in [0.15, 0.2) is 48.5 Å². The molecular weight excluding hydrogens is 210 g/mol. The molecule has 0 aliphatic heterocycles. The predicted molar refractivity (Wildman–Crippen MR) is 62.2 cm³/mol. The zero-order chi connectivity index (χ0) is 10.7. The minimum atomic E-state index is -0.233. The minimum absolute atomic E-state index is 0.233. The van der Waals surface area contributed by atoms with E-state index in [9.17, 15) is 4.39 Å². The largest absolute Gasteiger partial charge is 0.480 e. The van der Waals surface area contributed by atoms with Gasteiger partial charge in [0.2, 0.25) is 0 Å². The van der Waals surface area contributed by atoms with Crippen molar-refractivity contribution in [2.75, 3.05) is 0 Å². The third-order valence-corrected chi connectivity index (χ3v) is 2.42. The molecule has 0 radical (unpaired) electrons. The molecule has 0 aliphatic carbocycles. The van der Waals surface area contributed by atoms with Crippen molar-refractivity contribution in [3.05, 3.63) is 54.3 Å². The van der Waals surface area contributed by atoms with Gasteiger partial charge in [0.05, 0.1) is 9.47 Å². The van der Waals surface area contributed by atoms with Gasteiger partial charge in [0.15, 0.2) is 0 Å². The average molecular weight is 220 g/mol. The maximum atomic E-state index is 12.7. The lowest BCUT2D eigenvalue weighted by Gasteiger charge is -2.07. The van der Waals surface area contributed by atoms with Crippen LogP contribution >= 0.6 is 9.47 Å². The molecule has 0 saturated heterocycles. The summed E-state index contributed by atoms with van der Waals surface area (Å²) in [4.78, 5) is 0. The molecule has 0 saturated carbocycles. The van der Waals surface area contributed by atoms with E-state index in [1.54, 1.807) is 12.1 Å². The van der Waals surface area contributed by atoms with E-state index < -0.39 is 0 Å². The van der Waals surface area contributed by atoms with Crippen LogP contribution in [0.4, 0.5) is 4.39 Å². The standard InChI is InChI=1S/C12H10FOP/c13-10-7-5-9(6-8-10)11-3-1-2-4-12(11)14-15/h1-8H,15H2. The van der Waals surface area contributed by atoms with Crippen molar-refractivity contribution in [1.29, 1.82) is 0 Å². The molecule has 0 spiro atoms. The molecule has 15 heavy (non-hydrogen) atoms. The first-order valence-electron chi connectivity index (χ1n) is 4.53. The summed E-state index contributed by atoms with van der Waals surface area (Å²) in [5, 5.41) is 0. The van der Waals surface area contributed by atoms with Crippen LogP contribution in [-0.2, 0) is 0 Å². The molecule has 76 valence electrons. The van der Waals surface area contributed by atoms with Crippen LogP contribution in [-0.4, -0.2) is 0 Å². The molecule has 0 heterocycles. The van der Waals surface area contributed by atoms with Crippen molar-refractivity contribution in [2.45, 2.75) is 0 Å². The van der Waals surface area contributed by atoms with Gasteiger partial charge in [-0.2, -0.15) is 0 Å². The highest BCUT2D eigenvalue weighted by Gasteiger charge is 2.03. The van der Waals surface area contributed by atoms with E-state index in [-0.39, 0.29) is 5.82 Å². The second-order valence-corrected chi connectivity index (χ2v) is 3.36. The fraction of sp³-hybridized carbons (Fsp3) is 0. The summed E-state index contributed by atoms with van der Waals surface area (Å²) in [6.07, 6.45) is 0. The lowest BCUT2D eigenvalue weighted by Crippen LogP contribution is -1.83. The van der Waals surface area contributed by atoms with E-state index in [0.717, 1.165) is 16.9 Å². The van der Waals surface area contributed by atoms with Crippen LogP contribution in [0.2, 0.25) is 0 Å². The van der Waals surface area contributed by atoms with Gasteiger partial charge >= 0.3 is 0 Å². The van der Waals surface area contributed by atoms with E-state index in [4.69, 9.17) is 4.52 Å². The third kappa shape index (κ3) is 2.16. The summed E-state index contributed by atoms with van der Waals surface area (Å²) in [5.41, 5.74) is 1.89. The Labute approximate surface area is 90.2 Å². The zero-order valence-electron chi connectivity index (χ0n) is 7.98. The molecule has 0 aromatic heterocycles. The highest BCUT2D eigenvalue weighted by Crippen LogP contribution is 2.30. The summed E-state index contributed by atoms with van der Waals surface area (Å²) in [7, 11) is 2.21. The molecule has 0 aliphatic rings. The first-order valence-corrected chi connectivity index (χ1v) is 5.00. The maximum Gasteiger partial charge on any atom is 0.130 e. The van der Waals surface area contributed by atoms with Crippen LogP contribution in [0.5, 0.6) is 5.75 Å². The van der Waals surface area contributed by atoms with Gasteiger partial charge in [-0.25, -0.2) is 4.39 Å². The topological polar surface area (TPSA) is 9.23 Å². The van der Waals surface area contributed by atoms with Gasteiger partial charge in [0.25, 0.3) is 0 Å². The van der Waals surface area contributed by atoms with Crippen LogP contribution in [0, 0.1) is 5.82 Å². The summed E-state index contributed by atoms with van der Waals surface area (Å²) in [5.74, 6) is 0.525. The van der Waals surface area contributed by atoms with Crippen LogP contribution in [0.1, 0.15) is 0 Å². The highest BCUT2D eigenvalue weighted by atomic mass is 31.0. The minimum Gasteiger partial charge on any atom is -0.480 e. The fourth-order valence-electron chi connectivity index (χ4n) is 1.44. The average Bonchev–Trinajstić information content (AvgIpc) is 2.30. The third-order valence-electron chi connectivity index (χ3n) is 2.17. The Kier molecular flexibility index (Phi) is 2.98. The number of para-hydroxylation sites is 1. The summed E-state index contributed by atoms with van der Waals surface area (Å²) < 4.78 is 17.9. The van der Waals surface area contributed by atoms with Gasteiger partial charge in [-0.05, 0) is 23.8 Å². The van der Waals surface area contributed by atoms with Crippen molar-refractivity contribution in [2.24, 2.45) is 0 Å². The summed E-state index contributed by atoms with van der Waals surface area (Å²) in [6.45, 7) is 0. The van der Waals surface area contributed by atoms with Gasteiger partial charge < -0.3 is 4.52 Å². The Morgan fingerprint density at radius 1 is 0.933 bits per heavy atom. The second kappa shape index (κ2) is 4.41. The first-order chi connectivity index (χ1) is 7.31. The molecule has 2 aromatic carbocycles. The number of hydrogen-bond donors (Lipinski definition) is 0. The van der Waals surface area contributed by atoms with Crippen LogP contribution in [0.25, 0.3) is 11.1 Å². The van der Waals surface area contributed by atoms with E-state index in [0.29, 0.717) is 0 Å². The molecule has 1 nitrogen and oxygen atoms in total. The Balaban J connectivity index is 2.49. The van der Waals surface area contributed by atoms with Crippen molar-refractivity contribution in [3.63, 3.8) is 0 Å². The highest BCUT2D eigenvalue weighted by molar-refractivity contribution is 7.10. The Hall–Kier alpha value is -1.40. The Morgan fingerprint density at radius 3 is 2.27 bits per heavy atom. The molecule has 2 aromatic rings. The van der Waals surface area contributed by atoms with E-state index in [2.05, 4.69) is 9.47 Å². The van der Waals surface area contributed by atoms with Crippen molar-refractivity contribution >= 4 is 9.47 Å². The molecule has 0 N–H and O–H groups in total. The maximum absolute atomic E-state index is 12.7. The molecule has 1 unspecified atom stereocenters. The molecule has 0 fully saturated rings. The first kappa shape index (κ1) is 10.1. The number of rotatable bonds is 2. The fourth-order valence-corrected chi connectivity index (χ4v) is 1.64. The quantitative estimate of drug-likeness (QED) is 0.702. The lowest BCUT2D eigenvalue weighted by atomic mass is 10.1. The molecule has 0 bridgehead atoms. The summed E-state index contributed by atoms with van der Waals surface area (Å²) >= 11 is 0. The normalized spacial score (nSPS) is 10.0. The van der Waals surface area contributed by atoms with E-state index in [1.807, 2.05) is 24.3 Å². The van der Waals surface area contributed by atoms with Gasteiger partial charge in [-0.3, -0.25) is 0 Å². The molecular formula is C12H10FOP. The van der Waals surface area contributed by atoms with Crippen LogP contribution < -0.4 is 4.52 Å². The van der Waals surface area contributed by atoms with Crippen molar-refractivity contribution < 1.29 is 8.91 Å². The predicted octanol–water partition coefficient (Wildman–Crippen LogP) is 3.66. The van der Waals surface area contributed by atoms with Crippen molar-refractivity contribution in [1.82, 2.24) is 0 Å². The monoisotopic (exact) mass is 220 g/mol. The number of hydrogen-bond acceptors (Lipinski definition) is 1. The zero-order valence-corrected chi connectivity index (χ0v) is 9.14. The smallest absolute Gasteiger partial charge is 0.130 e. The van der Waals surface area contributed by atoms with Gasteiger partial charge in [-0.1, -0.05) is 30.3 Å².